The van der Waals surface area contributed by atoms with E-state index in [0.29, 0.717) is 6.54 Å². The lowest BCUT2D eigenvalue weighted by Gasteiger charge is -2.25. The van der Waals surface area contributed by atoms with Crippen molar-refractivity contribution in [1.29, 1.82) is 0 Å². The second kappa shape index (κ2) is 7.44. The summed E-state index contributed by atoms with van der Waals surface area (Å²) in [6, 6.07) is 25.2. The van der Waals surface area contributed by atoms with E-state index in [1.54, 1.807) is 0 Å². The first-order valence-corrected chi connectivity index (χ1v) is 9.68. The van der Waals surface area contributed by atoms with Crippen molar-refractivity contribution in [2.75, 3.05) is 31.2 Å². The zero-order valence-electron chi connectivity index (χ0n) is 15.7. The number of anilines is 1. The van der Waals surface area contributed by atoms with E-state index in [-0.39, 0.29) is 0 Å². The summed E-state index contributed by atoms with van der Waals surface area (Å²) in [5, 5.41) is 7.29. The SMILES string of the molecule is c1ccc(Cn2nc(N3CCOCC3)nc2-c2cccc3ccccc23)cc1. The molecule has 28 heavy (non-hydrogen) atoms. The Morgan fingerprint density at radius 1 is 0.821 bits per heavy atom. The molecular formula is C23H22N4O. The summed E-state index contributed by atoms with van der Waals surface area (Å²) in [6.45, 7) is 3.78. The fourth-order valence-electron chi connectivity index (χ4n) is 3.71. The molecule has 5 heteroatoms. The van der Waals surface area contributed by atoms with Crippen molar-refractivity contribution in [3.05, 3.63) is 78.4 Å². The molecule has 140 valence electrons. The second-order valence-corrected chi connectivity index (χ2v) is 7.00. The third-order valence-electron chi connectivity index (χ3n) is 5.16. The minimum atomic E-state index is 0.691. The quantitative estimate of drug-likeness (QED) is 0.545. The number of benzene rings is 3. The zero-order valence-corrected chi connectivity index (χ0v) is 15.7. The minimum absolute atomic E-state index is 0.691. The molecule has 0 atom stereocenters. The van der Waals surface area contributed by atoms with Crippen LogP contribution < -0.4 is 4.90 Å². The van der Waals surface area contributed by atoms with Crippen LogP contribution >= 0.6 is 0 Å². The first-order valence-electron chi connectivity index (χ1n) is 9.68. The molecule has 5 nitrogen and oxygen atoms in total. The van der Waals surface area contributed by atoms with Gasteiger partial charge in [-0.05, 0) is 16.3 Å². The Labute approximate surface area is 164 Å². The van der Waals surface area contributed by atoms with Gasteiger partial charge in [-0.3, -0.25) is 0 Å². The molecule has 0 N–H and O–H groups in total. The summed E-state index contributed by atoms with van der Waals surface area (Å²) in [7, 11) is 0. The Hall–Kier alpha value is -3.18. The number of aromatic nitrogens is 3. The third-order valence-corrected chi connectivity index (χ3v) is 5.16. The highest BCUT2D eigenvalue weighted by Gasteiger charge is 2.20. The normalized spacial score (nSPS) is 14.5. The van der Waals surface area contributed by atoms with E-state index in [1.807, 2.05) is 10.7 Å². The summed E-state index contributed by atoms with van der Waals surface area (Å²) in [5.41, 5.74) is 2.32. The molecule has 1 fully saturated rings. The maximum Gasteiger partial charge on any atom is 0.245 e. The van der Waals surface area contributed by atoms with E-state index in [9.17, 15) is 0 Å². The molecule has 0 spiro atoms. The van der Waals surface area contributed by atoms with Crippen molar-refractivity contribution in [2.45, 2.75) is 6.54 Å². The fourth-order valence-corrected chi connectivity index (χ4v) is 3.71. The smallest absolute Gasteiger partial charge is 0.245 e. The monoisotopic (exact) mass is 370 g/mol. The van der Waals surface area contributed by atoms with Crippen molar-refractivity contribution >= 4 is 16.7 Å². The van der Waals surface area contributed by atoms with E-state index < -0.39 is 0 Å². The lowest BCUT2D eigenvalue weighted by molar-refractivity contribution is 0.122. The first-order chi connectivity index (χ1) is 13.9. The molecule has 3 aromatic carbocycles. The van der Waals surface area contributed by atoms with Gasteiger partial charge in [0, 0.05) is 18.7 Å². The molecule has 0 aliphatic carbocycles. The Balaban J connectivity index is 1.63. The van der Waals surface area contributed by atoms with Crippen LogP contribution in [0.4, 0.5) is 5.95 Å². The summed E-state index contributed by atoms with van der Waals surface area (Å²) >= 11 is 0. The van der Waals surface area contributed by atoms with Crippen molar-refractivity contribution in [2.24, 2.45) is 0 Å². The van der Waals surface area contributed by atoms with Crippen molar-refractivity contribution in [3.8, 4) is 11.4 Å². The van der Waals surface area contributed by atoms with Crippen LogP contribution in [0.15, 0.2) is 72.8 Å². The lowest BCUT2D eigenvalue weighted by atomic mass is 10.0. The van der Waals surface area contributed by atoms with Crippen LogP contribution in [-0.4, -0.2) is 41.1 Å². The van der Waals surface area contributed by atoms with Crippen LogP contribution in [0.25, 0.3) is 22.2 Å². The third kappa shape index (κ3) is 3.25. The standard InChI is InChI=1S/C23H22N4O/c1-2-7-18(8-3-1)17-27-22(24-23(25-27)26-13-15-28-16-14-26)21-12-6-10-19-9-4-5-11-20(19)21/h1-12H,13-17H2. The highest BCUT2D eigenvalue weighted by molar-refractivity contribution is 5.95. The van der Waals surface area contributed by atoms with Crippen LogP contribution in [0.5, 0.6) is 0 Å². The molecule has 1 aliphatic rings. The molecule has 2 heterocycles. The van der Waals surface area contributed by atoms with Gasteiger partial charge in [0.25, 0.3) is 0 Å². The molecule has 1 saturated heterocycles. The Kier molecular flexibility index (Phi) is 4.51. The topological polar surface area (TPSA) is 43.2 Å². The van der Waals surface area contributed by atoms with Gasteiger partial charge in [-0.25, -0.2) is 4.68 Å². The average molecular weight is 370 g/mol. The lowest BCUT2D eigenvalue weighted by Crippen LogP contribution is -2.37. The van der Waals surface area contributed by atoms with Crippen molar-refractivity contribution < 1.29 is 4.74 Å². The summed E-state index contributed by atoms with van der Waals surface area (Å²) < 4.78 is 7.52. The largest absolute Gasteiger partial charge is 0.378 e. The molecule has 4 aromatic rings. The molecule has 0 saturated carbocycles. The van der Waals surface area contributed by atoms with Gasteiger partial charge in [-0.1, -0.05) is 72.8 Å². The van der Waals surface area contributed by atoms with Crippen LogP contribution in [0, 0.1) is 0 Å². The number of morpholine rings is 1. The molecule has 0 amide bonds. The zero-order chi connectivity index (χ0) is 18.8. The van der Waals surface area contributed by atoms with E-state index >= 15 is 0 Å². The summed E-state index contributed by atoms with van der Waals surface area (Å²) in [4.78, 5) is 7.18. The van der Waals surface area contributed by atoms with Crippen LogP contribution in [0.3, 0.4) is 0 Å². The Bertz CT molecular complexity index is 1080. The van der Waals surface area contributed by atoms with Gasteiger partial charge in [-0.15, -0.1) is 5.10 Å². The summed E-state index contributed by atoms with van der Waals surface area (Å²) in [5.74, 6) is 1.68. The van der Waals surface area contributed by atoms with Gasteiger partial charge in [-0.2, -0.15) is 4.98 Å². The first kappa shape index (κ1) is 17.0. The van der Waals surface area contributed by atoms with E-state index in [0.717, 1.165) is 43.6 Å². The highest BCUT2D eigenvalue weighted by Crippen LogP contribution is 2.29. The molecule has 1 aliphatic heterocycles. The number of ether oxygens (including phenoxy) is 1. The van der Waals surface area contributed by atoms with Gasteiger partial charge >= 0.3 is 0 Å². The van der Waals surface area contributed by atoms with Crippen LogP contribution in [-0.2, 0) is 11.3 Å². The van der Waals surface area contributed by atoms with E-state index in [4.69, 9.17) is 14.8 Å². The predicted octanol–water partition coefficient (Wildman–Crippen LogP) is 3.98. The Morgan fingerprint density at radius 3 is 2.43 bits per heavy atom. The van der Waals surface area contributed by atoms with E-state index in [1.165, 1.54) is 16.3 Å². The van der Waals surface area contributed by atoms with Crippen molar-refractivity contribution in [1.82, 2.24) is 14.8 Å². The number of rotatable bonds is 4. The number of hydrogen-bond donors (Lipinski definition) is 0. The number of fused-ring (bicyclic) bond motifs is 1. The van der Waals surface area contributed by atoms with Gasteiger partial charge in [0.05, 0.1) is 19.8 Å². The van der Waals surface area contributed by atoms with Gasteiger partial charge < -0.3 is 9.64 Å². The molecule has 0 bridgehead atoms. The minimum Gasteiger partial charge on any atom is -0.378 e. The molecule has 0 unspecified atom stereocenters. The summed E-state index contributed by atoms with van der Waals surface area (Å²) in [6.07, 6.45) is 0. The molecular weight excluding hydrogens is 348 g/mol. The number of nitrogens with zero attached hydrogens (tertiary/aromatic N) is 4. The predicted molar refractivity (Wildman–Crippen MR) is 112 cm³/mol. The maximum atomic E-state index is 5.49. The molecule has 0 radical (unpaired) electrons. The van der Waals surface area contributed by atoms with Gasteiger partial charge in [0.2, 0.25) is 5.95 Å². The van der Waals surface area contributed by atoms with Crippen LogP contribution in [0.1, 0.15) is 5.56 Å². The highest BCUT2D eigenvalue weighted by atomic mass is 16.5. The average Bonchev–Trinajstić information content (AvgIpc) is 3.18. The molecule has 1 aromatic heterocycles. The second-order valence-electron chi connectivity index (χ2n) is 7.00. The fraction of sp³-hybridized carbons (Fsp3) is 0.217. The van der Waals surface area contributed by atoms with Crippen molar-refractivity contribution in [3.63, 3.8) is 0 Å². The van der Waals surface area contributed by atoms with Crippen LogP contribution in [0.2, 0.25) is 0 Å². The molecule has 5 rings (SSSR count). The maximum absolute atomic E-state index is 5.49. The van der Waals surface area contributed by atoms with E-state index in [2.05, 4.69) is 71.6 Å². The Morgan fingerprint density at radius 2 is 1.57 bits per heavy atom. The number of hydrogen-bond acceptors (Lipinski definition) is 4. The van der Waals surface area contributed by atoms with Gasteiger partial charge in [0.1, 0.15) is 0 Å². The van der Waals surface area contributed by atoms with Gasteiger partial charge in [0.15, 0.2) is 5.82 Å².